The molecule has 2 rings (SSSR count). The second-order valence-electron chi connectivity index (χ2n) is 5.01. The van der Waals surface area contributed by atoms with Crippen molar-refractivity contribution in [1.82, 2.24) is 15.0 Å². The van der Waals surface area contributed by atoms with E-state index in [4.69, 9.17) is 5.73 Å². The molecular weight excluding hydrogens is 224 g/mol. The highest BCUT2D eigenvalue weighted by Gasteiger charge is 2.13. The largest absolute Gasteiger partial charge is 0.323 e. The van der Waals surface area contributed by atoms with E-state index in [-0.39, 0.29) is 6.04 Å². The second kappa shape index (κ2) is 4.90. The van der Waals surface area contributed by atoms with Crippen LogP contribution in [-0.2, 0) is 0 Å². The predicted octanol–water partition coefficient (Wildman–Crippen LogP) is 2.72. The molecule has 0 spiro atoms. The molecule has 0 aliphatic rings. The molecule has 96 valence electrons. The molecule has 0 saturated carbocycles. The van der Waals surface area contributed by atoms with E-state index < -0.39 is 0 Å². The summed E-state index contributed by atoms with van der Waals surface area (Å²) in [6.07, 6.45) is 0. The van der Waals surface area contributed by atoms with Crippen LogP contribution in [0, 0.1) is 6.92 Å². The molecule has 18 heavy (non-hydrogen) atoms. The van der Waals surface area contributed by atoms with Crippen molar-refractivity contribution in [1.29, 1.82) is 0 Å². The van der Waals surface area contributed by atoms with Crippen LogP contribution in [0.4, 0.5) is 0 Å². The van der Waals surface area contributed by atoms with Gasteiger partial charge in [-0.15, -0.1) is 5.10 Å². The number of nitrogens with two attached hydrogens (primary N) is 1. The van der Waals surface area contributed by atoms with E-state index in [0.29, 0.717) is 5.92 Å². The fraction of sp³-hybridized carbons (Fsp3) is 0.429. The quantitative estimate of drug-likeness (QED) is 0.903. The highest BCUT2D eigenvalue weighted by atomic mass is 15.4. The van der Waals surface area contributed by atoms with Gasteiger partial charge in [-0.3, -0.25) is 0 Å². The topological polar surface area (TPSA) is 56.7 Å². The third kappa shape index (κ3) is 2.29. The molecule has 0 bridgehead atoms. The molecule has 1 atom stereocenters. The highest BCUT2D eigenvalue weighted by molar-refractivity contribution is 5.36. The number of hydrogen-bond acceptors (Lipinski definition) is 3. The minimum atomic E-state index is -0.0892. The lowest BCUT2D eigenvalue weighted by molar-refractivity contribution is 0.756. The molecule has 0 radical (unpaired) electrons. The smallest absolute Gasteiger partial charge is 0.102 e. The molecule has 2 N–H and O–H groups in total. The van der Waals surface area contributed by atoms with Crippen LogP contribution in [0.5, 0.6) is 0 Å². The van der Waals surface area contributed by atoms with Crippen LogP contribution in [0.25, 0.3) is 5.69 Å². The number of nitrogens with zero attached hydrogens (tertiary/aromatic N) is 3. The van der Waals surface area contributed by atoms with E-state index in [9.17, 15) is 0 Å². The van der Waals surface area contributed by atoms with Crippen LogP contribution in [0.1, 0.15) is 49.7 Å². The average molecular weight is 244 g/mol. The van der Waals surface area contributed by atoms with Crippen LogP contribution in [0.3, 0.4) is 0 Å². The van der Waals surface area contributed by atoms with Crippen molar-refractivity contribution in [3.8, 4) is 5.69 Å². The maximum atomic E-state index is 5.85. The van der Waals surface area contributed by atoms with Gasteiger partial charge >= 0.3 is 0 Å². The summed E-state index contributed by atoms with van der Waals surface area (Å²) >= 11 is 0. The molecule has 1 unspecified atom stereocenters. The third-order valence-electron chi connectivity index (χ3n) is 3.17. The zero-order chi connectivity index (χ0) is 13.3. The Kier molecular flexibility index (Phi) is 3.48. The van der Waals surface area contributed by atoms with Crippen molar-refractivity contribution in [2.24, 2.45) is 5.73 Å². The summed E-state index contributed by atoms with van der Waals surface area (Å²) in [4.78, 5) is 0. The molecule has 1 aromatic heterocycles. The first-order valence-corrected chi connectivity index (χ1v) is 6.28. The van der Waals surface area contributed by atoms with Gasteiger partial charge in [0.1, 0.15) is 5.69 Å². The standard InChI is InChI=1S/C14H20N4/c1-9(2)12-5-7-13(8-6-12)18-11(4)14(10(3)15)16-17-18/h5-10H,15H2,1-4H3. The summed E-state index contributed by atoms with van der Waals surface area (Å²) in [6, 6.07) is 8.32. The molecule has 1 aromatic carbocycles. The molecule has 4 nitrogen and oxygen atoms in total. The minimum Gasteiger partial charge on any atom is -0.323 e. The Labute approximate surface area is 108 Å². The van der Waals surface area contributed by atoms with E-state index in [2.05, 4.69) is 48.4 Å². The van der Waals surface area contributed by atoms with Gasteiger partial charge in [0, 0.05) is 6.04 Å². The highest BCUT2D eigenvalue weighted by Crippen LogP contribution is 2.19. The van der Waals surface area contributed by atoms with Crippen molar-refractivity contribution in [3.63, 3.8) is 0 Å². The van der Waals surface area contributed by atoms with Crippen LogP contribution < -0.4 is 5.73 Å². The SMILES string of the molecule is Cc1c(C(C)N)nnn1-c1ccc(C(C)C)cc1. The molecule has 0 fully saturated rings. The summed E-state index contributed by atoms with van der Waals surface area (Å²) in [6.45, 7) is 8.28. The van der Waals surface area contributed by atoms with Crippen molar-refractivity contribution >= 4 is 0 Å². The first-order valence-electron chi connectivity index (χ1n) is 6.28. The van der Waals surface area contributed by atoms with E-state index in [1.165, 1.54) is 5.56 Å². The molecule has 0 aliphatic heterocycles. The maximum Gasteiger partial charge on any atom is 0.102 e. The van der Waals surface area contributed by atoms with Gasteiger partial charge in [0.25, 0.3) is 0 Å². The van der Waals surface area contributed by atoms with Crippen LogP contribution in [-0.4, -0.2) is 15.0 Å². The Balaban J connectivity index is 2.37. The van der Waals surface area contributed by atoms with Crippen molar-refractivity contribution < 1.29 is 0 Å². The van der Waals surface area contributed by atoms with Gasteiger partial charge in [-0.25, -0.2) is 4.68 Å². The maximum absolute atomic E-state index is 5.85. The number of rotatable bonds is 3. The van der Waals surface area contributed by atoms with Gasteiger partial charge in [0.2, 0.25) is 0 Å². The second-order valence-corrected chi connectivity index (χ2v) is 5.01. The molecule has 1 heterocycles. The molecule has 4 heteroatoms. The van der Waals surface area contributed by atoms with Gasteiger partial charge in [-0.1, -0.05) is 31.2 Å². The van der Waals surface area contributed by atoms with E-state index in [0.717, 1.165) is 17.1 Å². The average Bonchev–Trinajstić information content (AvgIpc) is 2.71. The van der Waals surface area contributed by atoms with Crippen molar-refractivity contribution in [2.75, 3.05) is 0 Å². The Morgan fingerprint density at radius 2 is 1.72 bits per heavy atom. The summed E-state index contributed by atoms with van der Waals surface area (Å²) in [5, 5.41) is 8.31. The monoisotopic (exact) mass is 244 g/mol. The molecule has 2 aromatic rings. The fourth-order valence-corrected chi connectivity index (χ4v) is 2.01. The Morgan fingerprint density at radius 1 is 1.11 bits per heavy atom. The fourth-order valence-electron chi connectivity index (χ4n) is 2.01. The van der Waals surface area contributed by atoms with Crippen molar-refractivity contribution in [2.45, 2.75) is 39.7 Å². The van der Waals surface area contributed by atoms with Crippen LogP contribution in [0.15, 0.2) is 24.3 Å². The molecule has 0 amide bonds. The van der Waals surface area contributed by atoms with Gasteiger partial charge in [0.05, 0.1) is 11.4 Å². The zero-order valence-corrected chi connectivity index (χ0v) is 11.4. The summed E-state index contributed by atoms with van der Waals surface area (Å²) < 4.78 is 1.84. The van der Waals surface area contributed by atoms with E-state index in [1.807, 2.05) is 18.5 Å². The van der Waals surface area contributed by atoms with Crippen LogP contribution >= 0.6 is 0 Å². The van der Waals surface area contributed by atoms with Crippen molar-refractivity contribution in [3.05, 3.63) is 41.2 Å². The summed E-state index contributed by atoms with van der Waals surface area (Å²) in [5.41, 5.74) is 10.1. The summed E-state index contributed by atoms with van der Waals surface area (Å²) in [7, 11) is 0. The van der Waals surface area contributed by atoms with Gasteiger partial charge in [0.15, 0.2) is 0 Å². The van der Waals surface area contributed by atoms with E-state index >= 15 is 0 Å². The van der Waals surface area contributed by atoms with E-state index in [1.54, 1.807) is 0 Å². The van der Waals surface area contributed by atoms with Gasteiger partial charge in [-0.2, -0.15) is 0 Å². The normalized spacial score (nSPS) is 13.0. The first-order chi connectivity index (χ1) is 8.50. The Hall–Kier alpha value is -1.68. The zero-order valence-electron chi connectivity index (χ0n) is 11.4. The molecule has 0 saturated heterocycles. The Morgan fingerprint density at radius 3 is 2.17 bits per heavy atom. The Bertz CT molecular complexity index is 523. The minimum absolute atomic E-state index is 0.0892. The lowest BCUT2D eigenvalue weighted by atomic mass is 10.0. The lowest BCUT2D eigenvalue weighted by Gasteiger charge is -2.08. The number of benzene rings is 1. The number of aromatic nitrogens is 3. The van der Waals surface area contributed by atoms with Crippen LogP contribution in [0.2, 0.25) is 0 Å². The van der Waals surface area contributed by atoms with Gasteiger partial charge in [-0.05, 0) is 37.5 Å². The lowest BCUT2D eigenvalue weighted by Crippen LogP contribution is -2.08. The third-order valence-corrected chi connectivity index (χ3v) is 3.17. The molecule has 0 aliphatic carbocycles. The summed E-state index contributed by atoms with van der Waals surface area (Å²) in [5.74, 6) is 0.538. The predicted molar refractivity (Wildman–Crippen MR) is 72.8 cm³/mol. The number of hydrogen-bond donors (Lipinski definition) is 1. The molecular formula is C14H20N4. The first kappa shape index (κ1) is 12.8. The van der Waals surface area contributed by atoms with Gasteiger partial charge < -0.3 is 5.73 Å².